The summed E-state index contributed by atoms with van der Waals surface area (Å²) in [6.45, 7) is 1.72. The van der Waals surface area contributed by atoms with Crippen molar-refractivity contribution in [1.82, 2.24) is 5.32 Å². The summed E-state index contributed by atoms with van der Waals surface area (Å²) in [5.74, 6) is 1.83. The van der Waals surface area contributed by atoms with E-state index in [2.05, 4.69) is 64.2 Å². The average molecular weight is 344 g/mol. The molecule has 1 N–H and O–H groups in total. The Morgan fingerprint density at radius 2 is 1.88 bits per heavy atom. The van der Waals surface area contributed by atoms with Crippen LogP contribution in [-0.2, 0) is 0 Å². The molecule has 0 saturated heterocycles. The second-order valence-electron chi connectivity index (χ2n) is 6.04. The topological polar surface area (TPSA) is 37.5 Å². The Bertz CT molecular complexity index is 1080. The van der Waals surface area contributed by atoms with Gasteiger partial charge in [-0.05, 0) is 41.3 Å². The molecule has 4 heteroatoms. The first-order chi connectivity index (χ1) is 12.4. The first-order valence-electron chi connectivity index (χ1n) is 8.34. The fourth-order valence-electron chi connectivity index (χ4n) is 3.25. The van der Waals surface area contributed by atoms with E-state index in [4.69, 9.17) is 4.42 Å². The third-order valence-corrected chi connectivity index (χ3v) is 5.36. The minimum atomic E-state index is 0.827. The molecule has 0 spiro atoms. The summed E-state index contributed by atoms with van der Waals surface area (Å²) < 4.78 is 6.15. The summed E-state index contributed by atoms with van der Waals surface area (Å²) in [4.78, 5) is 5.83. The van der Waals surface area contributed by atoms with Gasteiger partial charge in [0.2, 0.25) is 0 Å². The molecule has 0 bridgehead atoms. The van der Waals surface area contributed by atoms with Gasteiger partial charge in [0.05, 0.1) is 6.54 Å². The molecule has 0 aliphatic carbocycles. The van der Waals surface area contributed by atoms with Crippen molar-refractivity contribution in [2.24, 2.45) is 4.99 Å². The number of rotatable bonds is 3. The van der Waals surface area contributed by atoms with E-state index in [-0.39, 0.29) is 0 Å². The number of benzene rings is 2. The monoisotopic (exact) mass is 344 g/mol. The summed E-state index contributed by atoms with van der Waals surface area (Å²) in [7, 11) is 0. The van der Waals surface area contributed by atoms with Crippen LogP contribution in [0.5, 0.6) is 0 Å². The van der Waals surface area contributed by atoms with Gasteiger partial charge in [-0.2, -0.15) is 0 Å². The zero-order valence-corrected chi connectivity index (χ0v) is 14.3. The molecular formula is C21H16N2OS. The maximum atomic E-state index is 6.15. The summed E-state index contributed by atoms with van der Waals surface area (Å²) in [6, 6.07) is 21.0. The van der Waals surface area contributed by atoms with Gasteiger partial charge < -0.3 is 9.73 Å². The van der Waals surface area contributed by atoms with Gasteiger partial charge in [0.1, 0.15) is 17.2 Å². The van der Waals surface area contributed by atoms with Crippen molar-refractivity contribution in [1.29, 1.82) is 0 Å². The van der Waals surface area contributed by atoms with Gasteiger partial charge in [-0.15, -0.1) is 11.3 Å². The molecule has 3 nitrogen and oxygen atoms in total. The largest absolute Gasteiger partial charge is 0.456 e. The number of aliphatic imine (C=N–C) groups is 1. The van der Waals surface area contributed by atoms with Gasteiger partial charge >= 0.3 is 0 Å². The molecule has 0 fully saturated rings. The first kappa shape index (κ1) is 14.5. The Kier molecular flexibility index (Phi) is 3.42. The van der Waals surface area contributed by atoms with E-state index in [1.54, 1.807) is 11.3 Å². The first-order valence-corrected chi connectivity index (χ1v) is 9.22. The third-order valence-electron chi connectivity index (χ3n) is 4.44. The van der Waals surface area contributed by atoms with Crippen molar-refractivity contribution in [3.05, 3.63) is 71.6 Å². The Morgan fingerprint density at radius 1 is 0.960 bits per heavy atom. The second-order valence-corrected chi connectivity index (χ2v) is 6.99. The number of hydrogen-bond acceptors (Lipinski definition) is 4. The maximum absolute atomic E-state index is 6.15. The second kappa shape index (κ2) is 5.90. The molecule has 3 heterocycles. The molecular weight excluding hydrogens is 328 g/mol. The van der Waals surface area contributed by atoms with Crippen LogP contribution in [0.3, 0.4) is 0 Å². The molecule has 1 aliphatic heterocycles. The fraction of sp³-hybridized carbons (Fsp3) is 0.0952. The van der Waals surface area contributed by atoms with Gasteiger partial charge in [0.15, 0.2) is 0 Å². The highest BCUT2D eigenvalue weighted by molar-refractivity contribution is 7.13. The van der Waals surface area contributed by atoms with Crippen LogP contribution in [0.25, 0.3) is 32.7 Å². The van der Waals surface area contributed by atoms with Crippen LogP contribution in [-0.4, -0.2) is 18.9 Å². The molecule has 0 radical (unpaired) electrons. The highest BCUT2D eigenvalue weighted by Crippen LogP contribution is 2.34. The number of fused-ring (bicyclic) bond motifs is 1. The average Bonchev–Trinajstić information content (AvgIpc) is 3.42. The zero-order chi connectivity index (χ0) is 16.6. The number of nitrogens with one attached hydrogen (secondary N) is 1. The molecule has 4 aromatic rings. The smallest absolute Gasteiger partial charge is 0.136 e. The Labute approximate surface area is 149 Å². The van der Waals surface area contributed by atoms with Crippen molar-refractivity contribution in [2.75, 3.05) is 13.1 Å². The van der Waals surface area contributed by atoms with Crippen LogP contribution < -0.4 is 5.32 Å². The molecule has 0 amide bonds. The van der Waals surface area contributed by atoms with Gasteiger partial charge in [0, 0.05) is 27.9 Å². The lowest BCUT2D eigenvalue weighted by Crippen LogP contribution is -2.20. The van der Waals surface area contributed by atoms with Crippen LogP contribution in [0.4, 0.5) is 0 Å². The van der Waals surface area contributed by atoms with Crippen molar-refractivity contribution in [2.45, 2.75) is 0 Å². The van der Waals surface area contributed by atoms with Crippen molar-refractivity contribution in [3.8, 4) is 21.8 Å². The van der Waals surface area contributed by atoms with E-state index in [1.165, 1.54) is 10.4 Å². The van der Waals surface area contributed by atoms with E-state index >= 15 is 0 Å². The van der Waals surface area contributed by atoms with Crippen molar-refractivity contribution < 1.29 is 4.42 Å². The highest BCUT2D eigenvalue weighted by atomic mass is 32.1. The molecule has 0 unspecified atom stereocenters. The summed E-state index contributed by atoms with van der Waals surface area (Å²) in [5, 5.41) is 6.58. The maximum Gasteiger partial charge on any atom is 0.136 e. The Hall–Kier alpha value is -2.85. The summed E-state index contributed by atoms with van der Waals surface area (Å²) in [6.07, 6.45) is 0. The Morgan fingerprint density at radius 3 is 2.68 bits per heavy atom. The lowest BCUT2D eigenvalue weighted by atomic mass is 10.0. The number of thiophene rings is 1. The normalized spacial score (nSPS) is 13.8. The predicted molar refractivity (Wildman–Crippen MR) is 104 cm³/mol. The third kappa shape index (κ3) is 2.55. The van der Waals surface area contributed by atoms with Crippen LogP contribution >= 0.6 is 11.3 Å². The molecule has 2 aromatic heterocycles. The standard InChI is InChI=1S/C21H16N2OS/c1-2-5-17(21-22-9-10-23-21)16(4-1)19-13-15-12-14(7-8-18(15)24-19)20-6-3-11-25-20/h1-8,11-13H,9-10H2,(H,22,23). The SMILES string of the molecule is c1csc(-c2ccc3oc(-c4ccccc4C4=NCCN4)cc3c2)c1. The van der Waals surface area contributed by atoms with E-state index < -0.39 is 0 Å². The number of hydrogen-bond donors (Lipinski definition) is 1. The summed E-state index contributed by atoms with van der Waals surface area (Å²) in [5.41, 5.74) is 4.30. The molecule has 0 atom stereocenters. The number of nitrogens with zero attached hydrogens (tertiary/aromatic N) is 1. The molecule has 25 heavy (non-hydrogen) atoms. The molecule has 122 valence electrons. The number of furan rings is 1. The predicted octanol–water partition coefficient (Wildman–Crippen LogP) is 5.18. The molecule has 5 rings (SSSR count). The minimum absolute atomic E-state index is 0.827. The van der Waals surface area contributed by atoms with Gasteiger partial charge in [0.25, 0.3) is 0 Å². The molecule has 2 aromatic carbocycles. The van der Waals surface area contributed by atoms with E-state index in [0.29, 0.717) is 0 Å². The minimum Gasteiger partial charge on any atom is -0.456 e. The van der Waals surface area contributed by atoms with Gasteiger partial charge in [-0.1, -0.05) is 30.3 Å². The van der Waals surface area contributed by atoms with Crippen molar-refractivity contribution in [3.63, 3.8) is 0 Å². The molecule has 1 aliphatic rings. The van der Waals surface area contributed by atoms with Crippen LogP contribution in [0.15, 0.2) is 75.5 Å². The van der Waals surface area contributed by atoms with E-state index in [1.807, 2.05) is 12.1 Å². The van der Waals surface area contributed by atoms with E-state index in [0.717, 1.165) is 46.8 Å². The quantitative estimate of drug-likeness (QED) is 0.556. The lowest BCUT2D eigenvalue weighted by Gasteiger charge is -2.07. The fourth-order valence-corrected chi connectivity index (χ4v) is 3.98. The van der Waals surface area contributed by atoms with Crippen molar-refractivity contribution >= 4 is 28.1 Å². The molecule has 0 saturated carbocycles. The number of amidine groups is 1. The van der Waals surface area contributed by atoms with Gasteiger partial charge in [-0.3, -0.25) is 4.99 Å². The Balaban J connectivity index is 1.62. The highest BCUT2D eigenvalue weighted by Gasteiger charge is 2.16. The van der Waals surface area contributed by atoms with Gasteiger partial charge in [-0.25, -0.2) is 0 Å². The van der Waals surface area contributed by atoms with E-state index in [9.17, 15) is 0 Å². The summed E-state index contributed by atoms with van der Waals surface area (Å²) >= 11 is 1.75. The zero-order valence-electron chi connectivity index (χ0n) is 13.5. The van der Waals surface area contributed by atoms with Crippen LogP contribution in [0.2, 0.25) is 0 Å². The van der Waals surface area contributed by atoms with Crippen LogP contribution in [0.1, 0.15) is 5.56 Å². The van der Waals surface area contributed by atoms with Crippen LogP contribution in [0, 0.1) is 0 Å². The lowest BCUT2D eigenvalue weighted by molar-refractivity contribution is 0.631.